The molecule has 30 heavy (non-hydrogen) atoms. The standard InChI is InChI=1S/C26H27NO3/c1-18-9-8-10-23(15-18)30-26(27-22-14-13-19(2)20(3)16-22)21(4)17-29-25-12-7-6-11-24(25)28-5/h6-17H,1-5H3/b21-17+,27-26?. The maximum atomic E-state index is 6.15. The van der Waals surface area contributed by atoms with Gasteiger partial charge in [0.05, 0.1) is 19.1 Å². The van der Waals surface area contributed by atoms with Crippen molar-refractivity contribution in [3.8, 4) is 17.2 Å². The van der Waals surface area contributed by atoms with Gasteiger partial charge >= 0.3 is 0 Å². The zero-order valence-corrected chi connectivity index (χ0v) is 18.1. The third-order valence-electron chi connectivity index (χ3n) is 4.69. The number of benzene rings is 3. The molecule has 0 unspecified atom stereocenters. The molecular formula is C26H27NO3. The Labute approximate surface area is 178 Å². The molecule has 0 radical (unpaired) electrons. The molecule has 4 nitrogen and oxygen atoms in total. The van der Waals surface area contributed by atoms with Gasteiger partial charge in [-0.2, -0.15) is 0 Å². The second kappa shape index (κ2) is 9.79. The molecule has 4 heteroatoms. The van der Waals surface area contributed by atoms with Crippen LogP contribution in [0.5, 0.6) is 17.2 Å². The number of ether oxygens (including phenoxy) is 3. The summed E-state index contributed by atoms with van der Waals surface area (Å²) < 4.78 is 17.4. The molecular weight excluding hydrogens is 374 g/mol. The number of rotatable bonds is 6. The van der Waals surface area contributed by atoms with Crippen molar-refractivity contribution in [2.75, 3.05) is 7.11 Å². The van der Waals surface area contributed by atoms with Crippen LogP contribution >= 0.6 is 0 Å². The highest BCUT2D eigenvalue weighted by Gasteiger charge is 2.10. The molecule has 0 aromatic heterocycles. The van der Waals surface area contributed by atoms with Gasteiger partial charge in [-0.15, -0.1) is 0 Å². The van der Waals surface area contributed by atoms with Crippen LogP contribution in [0.2, 0.25) is 0 Å². The highest BCUT2D eigenvalue weighted by Crippen LogP contribution is 2.27. The van der Waals surface area contributed by atoms with Crippen molar-refractivity contribution < 1.29 is 14.2 Å². The van der Waals surface area contributed by atoms with E-state index in [1.165, 1.54) is 11.1 Å². The van der Waals surface area contributed by atoms with Crippen molar-refractivity contribution in [3.63, 3.8) is 0 Å². The average molecular weight is 402 g/mol. The minimum Gasteiger partial charge on any atom is -0.493 e. The Morgan fingerprint density at radius 2 is 1.60 bits per heavy atom. The number of hydrogen-bond donors (Lipinski definition) is 0. The Morgan fingerprint density at radius 1 is 0.833 bits per heavy atom. The maximum Gasteiger partial charge on any atom is 0.225 e. The Kier molecular flexibility index (Phi) is 6.91. The predicted molar refractivity (Wildman–Crippen MR) is 122 cm³/mol. The summed E-state index contributed by atoms with van der Waals surface area (Å²) in [4.78, 5) is 4.76. The molecule has 0 aliphatic carbocycles. The molecule has 0 fully saturated rings. The number of aryl methyl sites for hydroxylation is 3. The molecule has 0 aliphatic rings. The zero-order chi connectivity index (χ0) is 21.5. The van der Waals surface area contributed by atoms with E-state index in [-0.39, 0.29) is 0 Å². The van der Waals surface area contributed by atoms with Gasteiger partial charge in [-0.25, -0.2) is 4.99 Å². The summed E-state index contributed by atoms with van der Waals surface area (Å²) in [5, 5.41) is 0. The van der Waals surface area contributed by atoms with E-state index in [1.54, 1.807) is 13.4 Å². The lowest BCUT2D eigenvalue weighted by Gasteiger charge is -2.12. The molecule has 0 amide bonds. The van der Waals surface area contributed by atoms with Crippen LogP contribution < -0.4 is 14.2 Å². The quantitative estimate of drug-likeness (QED) is 0.262. The molecule has 154 valence electrons. The third-order valence-corrected chi connectivity index (χ3v) is 4.69. The fourth-order valence-corrected chi connectivity index (χ4v) is 2.81. The summed E-state index contributed by atoms with van der Waals surface area (Å²) in [5.41, 5.74) is 5.09. The van der Waals surface area contributed by atoms with E-state index in [9.17, 15) is 0 Å². The van der Waals surface area contributed by atoms with Crippen LogP contribution in [0.1, 0.15) is 23.6 Å². The fraction of sp³-hybridized carbons (Fsp3) is 0.192. The van der Waals surface area contributed by atoms with Gasteiger partial charge in [-0.1, -0.05) is 30.3 Å². The topological polar surface area (TPSA) is 40.0 Å². The molecule has 0 N–H and O–H groups in total. The summed E-state index contributed by atoms with van der Waals surface area (Å²) in [7, 11) is 1.62. The van der Waals surface area contributed by atoms with Crippen LogP contribution in [0, 0.1) is 20.8 Å². The predicted octanol–water partition coefficient (Wildman–Crippen LogP) is 6.71. The summed E-state index contributed by atoms with van der Waals surface area (Å²) >= 11 is 0. The molecule has 3 aromatic rings. The normalized spacial score (nSPS) is 11.9. The lowest BCUT2D eigenvalue weighted by Crippen LogP contribution is -2.11. The Bertz CT molecular complexity index is 1080. The maximum absolute atomic E-state index is 6.15. The van der Waals surface area contributed by atoms with Gasteiger partial charge in [0.25, 0.3) is 0 Å². The molecule has 3 rings (SSSR count). The minimum atomic E-state index is 0.471. The van der Waals surface area contributed by atoms with Crippen molar-refractivity contribution in [2.24, 2.45) is 4.99 Å². The molecule has 3 aromatic carbocycles. The first-order chi connectivity index (χ1) is 14.5. The Morgan fingerprint density at radius 3 is 2.30 bits per heavy atom. The molecule has 0 saturated carbocycles. The van der Waals surface area contributed by atoms with E-state index in [4.69, 9.17) is 19.2 Å². The first-order valence-corrected chi connectivity index (χ1v) is 9.83. The van der Waals surface area contributed by atoms with Crippen LogP contribution in [-0.2, 0) is 0 Å². The van der Waals surface area contributed by atoms with Crippen molar-refractivity contribution in [2.45, 2.75) is 27.7 Å². The van der Waals surface area contributed by atoms with Crippen molar-refractivity contribution in [1.29, 1.82) is 0 Å². The van der Waals surface area contributed by atoms with E-state index >= 15 is 0 Å². The first-order valence-electron chi connectivity index (χ1n) is 9.83. The van der Waals surface area contributed by atoms with E-state index in [1.807, 2.05) is 74.5 Å². The summed E-state index contributed by atoms with van der Waals surface area (Å²) in [5.74, 6) is 2.48. The number of hydrogen-bond acceptors (Lipinski definition) is 4. The molecule has 0 atom stereocenters. The van der Waals surface area contributed by atoms with Crippen LogP contribution in [-0.4, -0.2) is 13.0 Å². The molecule has 0 saturated heterocycles. The van der Waals surface area contributed by atoms with Gasteiger partial charge < -0.3 is 14.2 Å². The average Bonchev–Trinajstić information content (AvgIpc) is 2.74. The van der Waals surface area contributed by atoms with Gasteiger partial charge in [-0.3, -0.25) is 0 Å². The van der Waals surface area contributed by atoms with E-state index in [2.05, 4.69) is 19.9 Å². The van der Waals surface area contributed by atoms with Gasteiger partial charge in [0.1, 0.15) is 5.75 Å². The first kappa shape index (κ1) is 21.2. The molecule has 0 bridgehead atoms. The van der Waals surface area contributed by atoms with Gasteiger partial charge in [0.15, 0.2) is 11.5 Å². The van der Waals surface area contributed by atoms with Crippen molar-refractivity contribution in [1.82, 2.24) is 0 Å². The highest BCUT2D eigenvalue weighted by atomic mass is 16.5. The Balaban J connectivity index is 1.94. The van der Waals surface area contributed by atoms with Gasteiger partial charge in [-0.05, 0) is 80.8 Å². The number of methoxy groups -OCH3 is 1. The Hall–Kier alpha value is -3.53. The summed E-state index contributed by atoms with van der Waals surface area (Å²) in [6.07, 6.45) is 1.63. The minimum absolute atomic E-state index is 0.471. The van der Waals surface area contributed by atoms with Crippen LogP contribution in [0.25, 0.3) is 0 Å². The second-order valence-electron chi connectivity index (χ2n) is 7.17. The number of para-hydroxylation sites is 2. The molecule has 0 spiro atoms. The third kappa shape index (κ3) is 5.51. The number of aliphatic imine (C=N–C) groups is 1. The zero-order valence-electron chi connectivity index (χ0n) is 18.1. The van der Waals surface area contributed by atoms with Gasteiger partial charge in [0.2, 0.25) is 5.90 Å². The van der Waals surface area contributed by atoms with E-state index in [0.29, 0.717) is 17.4 Å². The second-order valence-corrected chi connectivity index (χ2v) is 7.17. The lowest BCUT2D eigenvalue weighted by atomic mass is 10.1. The van der Waals surface area contributed by atoms with Crippen LogP contribution in [0.3, 0.4) is 0 Å². The molecule has 0 aliphatic heterocycles. The monoisotopic (exact) mass is 401 g/mol. The smallest absolute Gasteiger partial charge is 0.225 e. The number of nitrogens with zero attached hydrogens (tertiary/aromatic N) is 1. The largest absolute Gasteiger partial charge is 0.493 e. The van der Waals surface area contributed by atoms with Crippen molar-refractivity contribution >= 4 is 11.6 Å². The summed E-state index contributed by atoms with van der Waals surface area (Å²) in [6, 6.07) is 21.5. The van der Waals surface area contributed by atoms with E-state index in [0.717, 1.165) is 22.6 Å². The lowest BCUT2D eigenvalue weighted by molar-refractivity contribution is 0.377. The van der Waals surface area contributed by atoms with E-state index < -0.39 is 0 Å². The van der Waals surface area contributed by atoms with Gasteiger partial charge in [0, 0.05) is 5.57 Å². The highest BCUT2D eigenvalue weighted by molar-refractivity contribution is 5.96. The fourth-order valence-electron chi connectivity index (χ4n) is 2.81. The SMILES string of the molecule is COc1ccccc1O/C=C(\C)C(=Nc1ccc(C)c(C)c1)Oc1cccc(C)c1. The van der Waals surface area contributed by atoms with Crippen LogP contribution in [0.4, 0.5) is 5.69 Å². The molecule has 0 heterocycles. The van der Waals surface area contributed by atoms with Crippen molar-refractivity contribution in [3.05, 3.63) is 95.3 Å². The van der Waals surface area contributed by atoms with Crippen LogP contribution in [0.15, 0.2) is 83.6 Å². The summed E-state index contributed by atoms with van der Waals surface area (Å²) in [6.45, 7) is 8.09.